The predicted molar refractivity (Wildman–Crippen MR) is 64.4 cm³/mol. The topological polar surface area (TPSA) is 105 Å². The van der Waals surface area contributed by atoms with E-state index in [2.05, 4.69) is 4.98 Å². The summed E-state index contributed by atoms with van der Waals surface area (Å²) in [5.74, 6) is -0.660. The lowest BCUT2D eigenvalue weighted by Crippen LogP contribution is -2.37. The molecular formula is C9H10ClN5O3. The van der Waals surface area contributed by atoms with Crippen molar-refractivity contribution in [1.29, 1.82) is 0 Å². The number of carbonyl (C=O) groups is 1. The Balaban J connectivity index is 2.99. The fraction of sp³-hybridized carbons (Fsp3) is 0.333. The molecule has 2 heterocycles. The van der Waals surface area contributed by atoms with Crippen LogP contribution in [0.15, 0.2) is 9.59 Å². The highest BCUT2D eigenvalue weighted by Gasteiger charge is 2.18. The van der Waals surface area contributed by atoms with Gasteiger partial charge in [-0.3, -0.25) is 23.3 Å². The fourth-order valence-corrected chi connectivity index (χ4v) is 1.94. The van der Waals surface area contributed by atoms with Gasteiger partial charge >= 0.3 is 5.69 Å². The number of carbonyl (C=O) groups excluding carboxylic acids is 1. The summed E-state index contributed by atoms with van der Waals surface area (Å²) < 4.78 is 3.28. The van der Waals surface area contributed by atoms with Crippen LogP contribution in [-0.4, -0.2) is 24.6 Å². The Hall–Kier alpha value is -2.09. The Morgan fingerprint density at radius 3 is 2.50 bits per heavy atom. The van der Waals surface area contributed by atoms with Crippen molar-refractivity contribution in [1.82, 2.24) is 18.7 Å². The minimum atomic E-state index is -0.660. The molecule has 18 heavy (non-hydrogen) atoms. The molecular weight excluding hydrogens is 262 g/mol. The zero-order valence-electron chi connectivity index (χ0n) is 9.68. The Labute approximate surface area is 105 Å². The van der Waals surface area contributed by atoms with Crippen molar-refractivity contribution in [3.05, 3.63) is 26.1 Å². The summed E-state index contributed by atoms with van der Waals surface area (Å²) in [6.45, 7) is -0.275. The van der Waals surface area contributed by atoms with Crippen LogP contribution < -0.4 is 17.0 Å². The molecule has 0 aliphatic rings. The Bertz CT molecular complexity index is 769. The molecule has 2 N–H and O–H groups in total. The number of hydrogen-bond donors (Lipinski definition) is 1. The number of imidazole rings is 1. The largest absolute Gasteiger partial charge is 0.368 e. The van der Waals surface area contributed by atoms with Crippen LogP contribution in [0.1, 0.15) is 0 Å². The highest BCUT2D eigenvalue weighted by atomic mass is 35.5. The Morgan fingerprint density at radius 1 is 1.33 bits per heavy atom. The Kier molecular flexibility index (Phi) is 2.74. The molecule has 0 unspecified atom stereocenters. The minimum absolute atomic E-state index is 0.0675. The fourth-order valence-electron chi connectivity index (χ4n) is 1.72. The number of aromatic nitrogens is 4. The van der Waals surface area contributed by atoms with Crippen LogP contribution >= 0.6 is 11.6 Å². The van der Waals surface area contributed by atoms with Gasteiger partial charge < -0.3 is 5.73 Å². The van der Waals surface area contributed by atoms with E-state index in [0.29, 0.717) is 0 Å². The molecule has 1 amide bonds. The van der Waals surface area contributed by atoms with E-state index < -0.39 is 17.2 Å². The Morgan fingerprint density at radius 2 is 1.94 bits per heavy atom. The van der Waals surface area contributed by atoms with Crippen LogP contribution in [0, 0.1) is 0 Å². The summed E-state index contributed by atoms with van der Waals surface area (Å²) in [5.41, 5.74) is 4.17. The molecule has 0 saturated heterocycles. The first-order valence-corrected chi connectivity index (χ1v) is 5.32. The van der Waals surface area contributed by atoms with Crippen molar-refractivity contribution < 1.29 is 4.79 Å². The van der Waals surface area contributed by atoms with Crippen molar-refractivity contribution in [3.63, 3.8) is 0 Å². The van der Waals surface area contributed by atoms with E-state index >= 15 is 0 Å². The number of halogens is 1. The van der Waals surface area contributed by atoms with E-state index in [0.717, 1.165) is 4.57 Å². The molecule has 8 nitrogen and oxygen atoms in total. The molecule has 0 fully saturated rings. The van der Waals surface area contributed by atoms with E-state index in [1.807, 2.05) is 0 Å². The predicted octanol–water partition coefficient (Wildman–Crippen LogP) is -1.43. The van der Waals surface area contributed by atoms with E-state index in [9.17, 15) is 14.4 Å². The maximum absolute atomic E-state index is 12.0. The third-order valence-corrected chi connectivity index (χ3v) is 2.90. The van der Waals surface area contributed by atoms with Crippen molar-refractivity contribution in [2.24, 2.45) is 19.8 Å². The summed E-state index contributed by atoms with van der Waals surface area (Å²) in [4.78, 5) is 38.5. The average molecular weight is 272 g/mol. The standard InChI is InChI=1S/C9H10ClN5O3/c1-13-6-5(7(17)14(2)9(13)18)15(3-4(11)16)8(10)12-6/h3H2,1-2H3,(H2,11,16). The summed E-state index contributed by atoms with van der Waals surface area (Å²) >= 11 is 5.84. The highest BCUT2D eigenvalue weighted by Crippen LogP contribution is 2.14. The lowest BCUT2D eigenvalue weighted by atomic mass is 10.5. The molecule has 0 atom stereocenters. The molecule has 0 spiro atoms. The molecule has 0 aromatic carbocycles. The van der Waals surface area contributed by atoms with Gasteiger partial charge in [0, 0.05) is 14.1 Å². The summed E-state index contributed by atoms with van der Waals surface area (Å²) in [5, 5.41) is -0.0675. The third-order valence-electron chi connectivity index (χ3n) is 2.62. The molecule has 96 valence electrons. The highest BCUT2D eigenvalue weighted by molar-refractivity contribution is 6.29. The van der Waals surface area contributed by atoms with Crippen LogP contribution in [0.5, 0.6) is 0 Å². The average Bonchev–Trinajstić information content (AvgIpc) is 2.61. The minimum Gasteiger partial charge on any atom is -0.368 e. The molecule has 0 radical (unpaired) electrons. The molecule has 2 rings (SSSR count). The second-order valence-electron chi connectivity index (χ2n) is 3.81. The van der Waals surface area contributed by atoms with Crippen molar-refractivity contribution in [2.75, 3.05) is 0 Å². The molecule has 2 aromatic rings. The maximum Gasteiger partial charge on any atom is 0.332 e. The molecule has 2 aromatic heterocycles. The molecule has 0 aliphatic carbocycles. The maximum atomic E-state index is 12.0. The number of nitrogens with two attached hydrogens (primary N) is 1. The van der Waals surface area contributed by atoms with Gasteiger partial charge in [0.25, 0.3) is 5.56 Å². The van der Waals surface area contributed by atoms with Crippen LogP contribution in [0.25, 0.3) is 11.2 Å². The van der Waals surface area contributed by atoms with Gasteiger partial charge in [-0.25, -0.2) is 4.79 Å². The molecule has 0 bridgehead atoms. The number of hydrogen-bond acceptors (Lipinski definition) is 4. The monoisotopic (exact) mass is 271 g/mol. The molecule has 9 heteroatoms. The van der Waals surface area contributed by atoms with Gasteiger partial charge in [-0.1, -0.05) is 0 Å². The number of aryl methyl sites for hydroxylation is 1. The second-order valence-corrected chi connectivity index (χ2v) is 4.15. The van der Waals surface area contributed by atoms with Crippen LogP contribution in [-0.2, 0) is 25.4 Å². The SMILES string of the molecule is Cn1c(=O)c2c(nc(Cl)n2CC(N)=O)n(C)c1=O. The number of rotatable bonds is 2. The summed E-state index contributed by atoms with van der Waals surface area (Å²) in [6.07, 6.45) is 0. The molecule has 0 saturated carbocycles. The summed E-state index contributed by atoms with van der Waals surface area (Å²) in [6, 6.07) is 0. The lowest BCUT2D eigenvalue weighted by Gasteiger charge is -2.05. The zero-order valence-corrected chi connectivity index (χ0v) is 10.4. The van der Waals surface area contributed by atoms with Gasteiger partial charge in [0.2, 0.25) is 11.2 Å². The normalized spacial score (nSPS) is 11.1. The van der Waals surface area contributed by atoms with Crippen molar-refractivity contribution in [3.8, 4) is 0 Å². The van der Waals surface area contributed by atoms with Crippen molar-refractivity contribution in [2.45, 2.75) is 6.54 Å². The third kappa shape index (κ3) is 1.61. The van der Waals surface area contributed by atoms with Crippen LogP contribution in [0.3, 0.4) is 0 Å². The van der Waals surface area contributed by atoms with Gasteiger partial charge in [0.15, 0.2) is 11.2 Å². The van der Waals surface area contributed by atoms with Gasteiger partial charge in [-0.05, 0) is 11.6 Å². The quantitative estimate of drug-likeness (QED) is 0.676. The van der Waals surface area contributed by atoms with Crippen LogP contribution in [0.2, 0.25) is 5.28 Å². The zero-order chi connectivity index (χ0) is 13.6. The van der Waals surface area contributed by atoms with E-state index in [4.69, 9.17) is 17.3 Å². The van der Waals surface area contributed by atoms with Gasteiger partial charge in [-0.15, -0.1) is 0 Å². The van der Waals surface area contributed by atoms with Crippen molar-refractivity contribution >= 4 is 28.7 Å². The smallest absolute Gasteiger partial charge is 0.332 e. The lowest BCUT2D eigenvalue weighted by molar-refractivity contribution is -0.118. The van der Waals surface area contributed by atoms with E-state index in [1.54, 1.807) is 0 Å². The van der Waals surface area contributed by atoms with E-state index in [1.165, 1.54) is 23.2 Å². The number of primary amides is 1. The first-order valence-electron chi connectivity index (χ1n) is 4.94. The first-order chi connectivity index (χ1) is 8.34. The number of nitrogens with zero attached hydrogens (tertiary/aromatic N) is 4. The number of amides is 1. The van der Waals surface area contributed by atoms with E-state index in [-0.39, 0.29) is 23.0 Å². The molecule has 0 aliphatic heterocycles. The van der Waals surface area contributed by atoms with Gasteiger partial charge in [-0.2, -0.15) is 4.98 Å². The van der Waals surface area contributed by atoms with Gasteiger partial charge in [0.1, 0.15) is 6.54 Å². The second kappa shape index (κ2) is 3.98. The van der Waals surface area contributed by atoms with Gasteiger partial charge in [0.05, 0.1) is 0 Å². The first kappa shape index (κ1) is 12.4. The van der Waals surface area contributed by atoms with Crippen LogP contribution in [0.4, 0.5) is 0 Å². The summed E-state index contributed by atoms with van der Waals surface area (Å²) in [7, 11) is 2.79. The number of fused-ring (bicyclic) bond motifs is 1.